The summed E-state index contributed by atoms with van der Waals surface area (Å²) in [6, 6.07) is 3.69. The topological polar surface area (TPSA) is 86.7 Å². The molecule has 2 N–H and O–H groups in total. The maximum atomic E-state index is 12.2. The summed E-state index contributed by atoms with van der Waals surface area (Å²) in [5, 5.41) is 6.79. The van der Waals surface area contributed by atoms with Gasteiger partial charge < -0.3 is 10.6 Å². The molecule has 0 aliphatic carbocycles. The summed E-state index contributed by atoms with van der Waals surface area (Å²) in [6.07, 6.45) is 2.51. The Morgan fingerprint density at radius 1 is 1.23 bits per heavy atom. The van der Waals surface area contributed by atoms with E-state index in [-0.39, 0.29) is 36.3 Å². The van der Waals surface area contributed by atoms with Crippen molar-refractivity contribution < 1.29 is 8.42 Å². The Bertz CT molecular complexity index is 637. The molecule has 0 unspecified atom stereocenters. The lowest BCUT2D eigenvalue weighted by Crippen LogP contribution is -2.39. The molecule has 0 saturated heterocycles. The molecular weight excluding hydrogens is 489 g/mol. The third-order valence-electron chi connectivity index (χ3n) is 3.56. The molecule has 0 aliphatic rings. The highest BCUT2D eigenvalue weighted by Crippen LogP contribution is 2.05. The average Bonchev–Trinajstić information content (AvgIpc) is 2.57. The molecule has 0 fully saturated rings. The van der Waals surface area contributed by atoms with Gasteiger partial charge in [-0.1, -0.05) is 31.5 Å². The van der Waals surface area contributed by atoms with Gasteiger partial charge in [-0.05, 0) is 25.0 Å². The van der Waals surface area contributed by atoms with Crippen molar-refractivity contribution in [2.45, 2.75) is 27.2 Å². The zero-order valence-electron chi connectivity index (χ0n) is 15.5. The van der Waals surface area contributed by atoms with E-state index in [1.807, 2.05) is 26.8 Å². The number of sulfonamides is 1. The van der Waals surface area contributed by atoms with Crippen LogP contribution in [0.15, 0.2) is 23.3 Å². The molecule has 0 saturated carbocycles. The standard InChI is InChI=1S/C16H28ClN5O2S.HI/c1-4-18-16(19-10-9-14-7-8-15(17)21-13-14)20-11-12-25(23,24)22(5-2)6-3;/h7-8,13H,4-6,9-12H2,1-3H3,(H2,18,19,20);1H. The first-order valence-corrected chi connectivity index (χ1v) is 10.5. The van der Waals surface area contributed by atoms with E-state index in [1.165, 1.54) is 4.31 Å². The second kappa shape index (κ2) is 13.5. The van der Waals surface area contributed by atoms with Gasteiger partial charge >= 0.3 is 0 Å². The molecule has 0 amide bonds. The molecule has 1 aromatic heterocycles. The van der Waals surface area contributed by atoms with Gasteiger partial charge in [0.15, 0.2) is 5.96 Å². The van der Waals surface area contributed by atoms with Crippen molar-refractivity contribution in [1.82, 2.24) is 19.9 Å². The normalized spacial score (nSPS) is 12.0. The van der Waals surface area contributed by atoms with Crippen LogP contribution in [0.1, 0.15) is 26.3 Å². The molecule has 0 spiro atoms. The predicted molar refractivity (Wildman–Crippen MR) is 119 cm³/mol. The van der Waals surface area contributed by atoms with Gasteiger partial charge in [0.05, 0.1) is 12.3 Å². The highest BCUT2D eigenvalue weighted by Gasteiger charge is 2.17. The van der Waals surface area contributed by atoms with Crippen molar-refractivity contribution in [1.29, 1.82) is 0 Å². The van der Waals surface area contributed by atoms with Crippen LogP contribution in [0.3, 0.4) is 0 Å². The smallest absolute Gasteiger partial charge is 0.215 e. The predicted octanol–water partition coefficient (Wildman–Crippen LogP) is 2.12. The van der Waals surface area contributed by atoms with Gasteiger partial charge in [-0.2, -0.15) is 0 Å². The van der Waals surface area contributed by atoms with Crippen molar-refractivity contribution in [3.05, 3.63) is 29.0 Å². The second-order valence-electron chi connectivity index (χ2n) is 5.33. The monoisotopic (exact) mass is 517 g/mol. The third kappa shape index (κ3) is 9.33. The van der Waals surface area contributed by atoms with Gasteiger partial charge in [0.2, 0.25) is 10.0 Å². The number of hydrogen-bond acceptors (Lipinski definition) is 4. The van der Waals surface area contributed by atoms with Crippen LogP contribution in [0.2, 0.25) is 5.15 Å². The maximum Gasteiger partial charge on any atom is 0.215 e. The van der Waals surface area contributed by atoms with E-state index in [1.54, 1.807) is 12.3 Å². The fourth-order valence-electron chi connectivity index (χ4n) is 2.24. The summed E-state index contributed by atoms with van der Waals surface area (Å²) in [5.41, 5.74) is 1.07. The van der Waals surface area contributed by atoms with Crippen molar-refractivity contribution in [3.63, 3.8) is 0 Å². The Kier molecular flexibility index (Phi) is 13.2. The molecule has 0 aliphatic heterocycles. The van der Waals surface area contributed by atoms with Crippen LogP contribution in [0, 0.1) is 0 Å². The lowest BCUT2D eigenvalue weighted by molar-refractivity contribution is 0.445. The highest BCUT2D eigenvalue weighted by atomic mass is 127. The lowest BCUT2D eigenvalue weighted by Gasteiger charge is -2.18. The largest absolute Gasteiger partial charge is 0.357 e. The van der Waals surface area contributed by atoms with E-state index in [4.69, 9.17) is 11.6 Å². The summed E-state index contributed by atoms with van der Waals surface area (Å²) in [4.78, 5) is 8.39. The van der Waals surface area contributed by atoms with Crippen molar-refractivity contribution >= 4 is 51.6 Å². The number of aromatic nitrogens is 1. The first-order valence-electron chi connectivity index (χ1n) is 8.53. The van der Waals surface area contributed by atoms with Gasteiger partial charge in [-0.25, -0.2) is 17.7 Å². The number of aliphatic imine (C=N–C) groups is 1. The second-order valence-corrected chi connectivity index (χ2v) is 7.80. The number of nitrogens with zero attached hydrogens (tertiary/aromatic N) is 3. The Morgan fingerprint density at radius 2 is 1.92 bits per heavy atom. The molecule has 1 rings (SSSR count). The Balaban J connectivity index is 0.00000625. The number of hydrogen-bond donors (Lipinski definition) is 2. The van der Waals surface area contributed by atoms with Gasteiger partial charge in [-0.15, -0.1) is 24.0 Å². The van der Waals surface area contributed by atoms with Crippen molar-refractivity contribution in [3.8, 4) is 0 Å². The van der Waals surface area contributed by atoms with Crippen LogP contribution in [0.4, 0.5) is 0 Å². The number of pyridine rings is 1. The fraction of sp³-hybridized carbons (Fsp3) is 0.625. The molecule has 1 aromatic rings. The van der Waals surface area contributed by atoms with Gasteiger partial charge in [0, 0.05) is 32.4 Å². The number of halogens is 2. The van der Waals surface area contributed by atoms with Gasteiger partial charge in [0.1, 0.15) is 5.15 Å². The van der Waals surface area contributed by atoms with Gasteiger partial charge in [-0.3, -0.25) is 4.99 Å². The number of nitrogens with one attached hydrogen (secondary N) is 2. The number of rotatable bonds is 10. The summed E-state index contributed by atoms with van der Waals surface area (Å²) >= 11 is 5.77. The molecule has 10 heteroatoms. The first-order chi connectivity index (χ1) is 11.9. The maximum absolute atomic E-state index is 12.2. The zero-order valence-corrected chi connectivity index (χ0v) is 19.4. The Hall–Kier alpha value is -0.650. The number of guanidine groups is 1. The molecule has 0 bridgehead atoms. The minimum absolute atomic E-state index is 0. The first kappa shape index (κ1) is 25.4. The van der Waals surface area contributed by atoms with Crippen molar-refractivity contribution in [2.24, 2.45) is 4.99 Å². The fourth-order valence-corrected chi connectivity index (χ4v) is 3.72. The lowest BCUT2D eigenvalue weighted by atomic mass is 10.2. The van der Waals surface area contributed by atoms with Crippen LogP contribution in [0.5, 0.6) is 0 Å². The van der Waals surface area contributed by atoms with Gasteiger partial charge in [0.25, 0.3) is 0 Å². The summed E-state index contributed by atoms with van der Waals surface area (Å²) < 4.78 is 25.8. The van der Waals surface area contributed by atoms with Crippen molar-refractivity contribution in [2.75, 3.05) is 38.5 Å². The molecule has 0 radical (unpaired) electrons. The quantitative estimate of drug-likeness (QED) is 0.215. The molecule has 26 heavy (non-hydrogen) atoms. The summed E-state index contributed by atoms with van der Waals surface area (Å²) in [7, 11) is -3.25. The molecular formula is C16H29ClIN5O2S. The van der Waals surface area contributed by atoms with E-state index in [9.17, 15) is 8.42 Å². The SMILES string of the molecule is CCNC(=NCCS(=O)(=O)N(CC)CC)NCCc1ccc(Cl)nc1.I. The average molecular weight is 518 g/mol. The van der Waals surface area contributed by atoms with Crippen LogP contribution in [0.25, 0.3) is 0 Å². The summed E-state index contributed by atoms with van der Waals surface area (Å²) in [6.45, 7) is 8.19. The zero-order chi connectivity index (χ0) is 18.7. The molecule has 150 valence electrons. The van der Waals surface area contributed by atoms with Crippen LogP contribution < -0.4 is 10.6 Å². The van der Waals surface area contributed by atoms with E-state index in [2.05, 4.69) is 20.6 Å². The molecule has 1 heterocycles. The third-order valence-corrected chi connectivity index (χ3v) is 5.78. The van der Waals surface area contributed by atoms with Crippen LogP contribution in [-0.2, 0) is 16.4 Å². The summed E-state index contributed by atoms with van der Waals surface area (Å²) in [5.74, 6) is 0.617. The Labute approximate surface area is 179 Å². The minimum atomic E-state index is -3.25. The molecule has 0 aromatic carbocycles. The molecule has 7 nitrogen and oxygen atoms in total. The van der Waals surface area contributed by atoms with Crippen LogP contribution in [-0.4, -0.2) is 62.1 Å². The minimum Gasteiger partial charge on any atom is -0.357 e. The molecule has 0 atom stereocenters. The van der Waals surface area contributed by atoms with E-state index < -0.39 is 10.0 Å². The highest BCUT2D eigenvalue weighted by molar-refractivity contribution is 14.0. The Morgan fingerprint density at radius 3 is 2.46 bits per heavy atom. The van der Waals surface area contributed by atoms with E-state index in [0.717, 1.165) is 12.0 Å². The van der Waals surface area contributed by atoms with E-state index in [0.29, 0.717) is 37.3 Å². The van der Waals surface area contributed by atoms with E-state index >= 15 is 0 Å². The van der Waals surface area contributed by atoms with Crippen LogP contribution >= 0.6 is 35.6 Å².